The van der Waals surface area contributed by atoms with E-state index in [0.717, 1.165) is 19.4 Å². The molecule has 1 aromatic heterocycles. The van der Waals surface area contributed by atoms with E-state index in [0.29, 0.717) is 0 Å². The minimum absolute atomic E-state index is 0.873. The predicted octanol–water partition coefficient (Wildman–Crippen LogP) is 4.53. The van der Waals surface area contributed by atoms with Gasteiger partial charge in [-0.25, -0.2) is 0 Å². The lowest BCUT2D eigenvalue weighted by Crippen LogP contribution is -2.22. The first-order valence-electron chi connectivity index (χ1n) is 4.74. The highest BCUT2D eigenvalue weighted by atomic mass is 79.9. The molecule has 0 amide bonds. The molecule has 0 spiro atoms. The number of aliphatic hydroxyl groups is 1. The number of halogens is 2. The fourth-order valence-electron chi connectivity index (χ4n) is 1.62. The van der Waals surface area contributed by atoms with E-state index >= 15 is 0 Å². The van der Waals surface area contributed by atoms with Gasteiger partial charge >= 0.3 is 0 Å². The SMILES string of the molecule is CC(O)(c1ccccc1Br)c1sccc1Br. The van der Waals surface area contributed by atoms with Crippen molar-refractivity contribution >= 4 is 43.2 Å². The van der Waals surface area contributed by atoms with Crippen LogP contribution < -0.4 is 0 Å². The summed E-state index contributed by atoms with van der Waals surface area (Å²) < 4.78 is 1.86. The van der Waals surface area contributed by atoms with Crippen molar-refractivity contribution in [2.24, 2.45) is 0 Å². The van der Waals surface area contributed by atoms with Gasteiger partial charge in [0.2, 0.25) is 0 Å². The molecule has 1 unspecified atom stereocenters. The van der Waals surface area contributed by atoms with Crippen LogP contribution >= 0.6 is 43.2 Å². The summed E-state index contributed by atoms with van der Waals surface area (Å²) >= 11 is 8.47. The van der Waals surface area contributed by atoms with Gasteiger partial charge in [-0.2, -0.15) is 0 Å². The Morgan fingerprint density at radius 1 is 1.12 bits per heavy atom. The molecule has 4 heteroatoms. The maximum atomic E-state index is 10.7. The first-order chi connectivity index (χ1) is 7.53. The summed E-state index contributed by atoms with van der Waals surface area (Å²) in [5, 5.41) is 12.6. The Hall–Kier alpha value is -0.160. The highest BCUT2D eigenvalue weighted by Crippen LogP contribution is 2.40. The largest absolute Gasteiger partial charge is 0.380 e. The molecule has 1 atom stereocenters. The van der Waals surface area contributed by atoms with E-state index in [1.54, 1.807) is 11.3 Å². The van der Waals surface area contributed by atoms with Crippen LogP contribution in [0.4, 0.5) is 0 Å². The van der Waals surface area contributed by atoms with Gasteiger partial charge in [0.15, 0.2) is 0 Å². The van der Waals surface area contributed by atoms with Gasteiger partial charge in [0.05, 0.1) is 4.88 Å². The lowest BCUT2D eigenvalue weighted by molar-refractivity contribution is 0.105. The maximum Gasteiger partial charge on any atom is 0.123 e. The molecule has 1 N–H and O–H groups in total. The molecule has 0 radical (unpaired) electrons. The zero-order valence-electron chi connectivity index (χ0n) is 8.58. The first-order valence-corrected chi connectivity index (χ1v) is 7.21. The molecule has 0 aliphatic carbocycles. The van der Waals surface area contributed by atoms with Gasteiger partial charge in [-0.15, -0.1) is 11.3 Å². The molecule has 0 saturated heterocycles. The second kappa shape index (κ2) is 4.61. The molecule has 1 heterocycles. The van der Waals surface area contributed by atoms with E-state index in [1.165, 1.54) is 0 Å². The van der Waals surface area contributed by atoms with Crippen molar-refractivity contribution in [2.45, 2.75) is 12.5 Å². The number of thiophene rings is 1. The van der Waals surface area contributed by atoms with E-state index in [1.807, 2.05) is 42.6 Å². The van der Waals surface area contributed by atoms with Crippen LogP contribution in [0.2, 0.25) is 0 Å². The molecular weight excluding hydrogens is 352 g/mol. The number of benzene rings is 1. The van der Waals surface area contributed by atoms with Crippen LogP contribution in [-0.4, -0.2) is 5.11 Å². The highest BCUT2D eigenvalue weighted by molar-refractivity contribution is 9.10. The molecule has 0 aliphatic rings. The molecule has 0 saturated carbocycles. The van der Waals surface area contributed by atoms with Gasteiger partial charge in [-0.1, -0.05) is 34.1 Å². The first kappa shape index (κ1) is 12.3. The van der Waals surface area contributed by atoms with Crippen molar-refractivity contribution in [2.75, 3.05) is 0 Å². The van der Waals surface area contributed by atoms with Crippen LogP contribution in [0.3, 0.4) is 0 Å². The number of hydrogen-bond acceptors (Lipinski definition) is 2. The quantitative estimate of drug-likeness (QED) is 0.833. The summed E-state index contributed by atoms with van der Waals surface area (Å²) in [6, 6.07) is 9.68. The second-order valence-electron chi connectivity index (χ2n) is 3.65. The molecule has 2 rings (SSSR count). The molecule has 2 aromatic rings. The molecule has 0 bridgehead atoms. The van der Waals surface area contributed by atoms with Crippen LogP contribution in [0.25, 0.3) is 0 Å². The Labute approximate surface area is 115 Å². The minimum Gasteiger partial charge on any atom is -0.380 e. The van der Waals surface area contributed by atoms with Crippen LogP contribution in [0.15, 0.2) is 44.7 Å². The van der Waals surface area contributed by atoms with Gasteiger partial charge < -0.3 is 5.11 Å². The third kappa shape index (κ3) is 2.12. The van der Waals surface area contributed by atoms with Crippen LogP contribution in [0.1, 0.15) is 17.4 Å². The lowest BCUT2D eigenvalue weighted by Gasteiger charge is -2.24. The molecule has 0 aliphatic heterocycles. The van der Waals surface area contributed by atoms with Crippen molar-refractivity contribution in [3.8, 4) is 0 Å². The molecule has 0 fully saturated rings. The number of rotatable bonds is 2. The average Bonchev–Trinajstić information content (AvgIpc) is 2.65. The fourth-order valence-corrected chi connectivity index (χ4v) is 4.12. The highest BCUT2D eigenvalue weighted by Gasteiger charge is 2.30. The zero-order chi connectivity index (χ0) is 11.8. The minimum atomic E-state index is -0.979. The average molecular weight is 362 g/mol. The summed E-state index contributed by atoms with van der Waals surface area (Å²) in [4.78, 5) is 0.916. The third-order valence-corrected chi connectivity index (χ3v) is 5.20. The van der Waals surface area contributed by atoms with Crippen LogP contribution in [0.5, 0.6) is 0 Å². The Balaban J connectivity index is 2.55. The normalized spacial score (nSPS) is 14.8. The van der Waals surface area contributed by atoms with E-state index < -0.39 is 5.60 Å². The van der Waals surface area contributed by atoms with Gasteiger partial charge in [-0.3, -0.25) is 0 Å². The van der Waals surface area contributed by atoms with Gasteiger partial charge in [0.25, 0.3) is 0 Å². The Morgan fingerprint density at radius 3 is 2.38 bits per heavy atom. The lowest BCUT2D eigenvalue weighted by atomic mass is 9.94. The summed E-state index contributed by atoms with van der Waals surface area (Å²) in [5.74, 6) is 0. The second-order valence-corrected chi connectivity index (χ2v) is 6.27. The Morgan fingerprint density at radius 2 is 1.81 bits per heavy atom. The number of hydrogen-bond donors (Lipinski definition) is 1. The topological polar surface area (TPSA) is 20.2 Å². The molecular formula is C12H10Br2OS. The van der Waals surface area contributed by atoms with Crippen molar-refractivity contribution in [3.63, 3.8) is 0 Å². The van der Waals surface area contributed by atoms with Crippen molar-refractivity contribution in [1.82, 2.24) is 0 Å². The molecule has 1 nitrogen and oxygen atoms in total. The fraction of sp³-hybridized carbons (Fsp3) is 0.167. The third-order valence-electron chi connectivity index (χ3n) is 2.46. The van der Waals surface area contributed by atoms with Crippen molar-refractivity contribution in [3.05, 3.63) is 55.1 Å². The maximum absolute atomic E-state index is 10.7. The van der Waals surface area contributed by atoms with Gasteiger partial charge in [-0.05, 0) is 40.4 Å². The summed E-state index contributed by atoms with van der Waals surface area (Å²) in [6.45, 7) is 1.81. The molecule has 1 aromatic carbocycles. The summed E-state index contributed by atoms with van der Waals surface area (Å²) in [5.41, 5.74) is -0.106. The van der Waals surface area contributed by atoms with Crippen molar-refractivity contribution < 1.29 is 5.11 Å². The predicted molar refractivity (Wildman–Crippen MR) is 74.8 cm³/mol. The smallest absolute Gasteiger partial charge is 0.123 e. The monoisotopic (exact) mass is 360 g/mol. The Bertz CT molecular complexity index is 505. The van der Waals surface area contributed by atoms with Crippen LogP contribution in [0, 0.1) is 0 Å². The molecule has 16 heavy (non-hydrogen) atoms. The van der Waals surface area contributed by atoms with Gasteiger partial charge in [0.1, 0.15) is 5.60 Å². The van der Waals surface area contributed by atoms with E-state index in [-0.39, 0.29) is 0 Å². The van der Waals surface area contributed by atoms with E-state index in [4.69, 9.17) is 0 Å². The van der Waals surface area contributed by atoms with E-state index in [2.05, 4.69) is 31.9 Å². The van der Waals surface area contributed by atoms with Crippen LogP contribution in [-0.2, 0) is 5.60 Å². The standard InChI is InChI=1S/C12H10Br2OS/c1-12(15,11-10(14)6-7-16-11)8-4-2-3-5-9(8)13/h2-7,15H,1H3. The summed E-state index contributed by atoms with van der Waals surface area (Å²) in [6.07, 6.45) is 0. The summed E-state index contributed by atoms with van der Waals surface area (Å²) in [7, 11) is 0. The Kier molecular flexibility index (Phi) is 3.54. The van der Waals surface area contributed by atoms with E-state index in [9.17, 15) is 5.11 Å². The van der Waals surface area contributed by atoms with Crippen molar-refractivity contribution in [1.29, 1.82) is 0 Å². The molecule has 84 valence electrons. The van der Waals surface area contributed by atoms with Gasteiger partial charge in [0, 0.05) is 14.5 Å². The zero-order valence-corrected chi connectivity index (χ0v) is 12.6.